The van der Waals surface area contributed by atoms with Crippen molar-refractivity contribution in [2.24, 2.45) is 11.8 Å². The van der Waals surface area contributed by atoms with E-state index in [1.807, 2.05) is 6.92 Å². The molecule has 1 saturated carbocycles. The Morgan fingerprint density at radius 1 is 1.40 bits per heavy atom. The highest BCUT2D eigenvalue weighted by atomic mass is 16.3. The first-order valence-corrected chi connectivity index (χ1v) is 8.17. The lowest BCUT2D eigenvalue weighted by Gasteiger charge is -2.35. The Morgan fingerprint density at radius 3 is 2.80 bits per heavy atom. The second kappa shape index (κ2) is 6.44. The fraction of sp³-hybridized carbons (Fsp3) is 0.938. The number of hydrogen-bond acceptors (Lipinski definition) is 3. The van der Waals surface area contributed by atoms with Gasteiger partial charge in [0.1, 0.15) is 0 Å². The molecule has 1 amide bonds. The van der Waals surface area contributed by atoms with Gasteiger partial charge in [0.25, 0.3) is 0 Å². The number of likely N-dealkylation sites (tertiary alicyclic amines) is 1. The van der Waals surface area contributed by atoms with Gasteiger partial charge in [0.2, 0.25) is 5.91 Å². The van der Waals surface area contributed by atoms with Crippen LogP contribution in [-0.2, 0) is 4.79 Å². The van der Waals surface area contributed by atoms with Gasteiger partial charge in [0.15, 0.2) is 0 Å². The number of rotatable bonds is 4. The van der Waals surface area contributed by atoms with Gasteiger partial charge in [-0.1, -0.05) is 33.6 Å². The summed E-state index contributed by atoms with van der Waals surface area (Å²) in [6.07, 6.45) is 5.16. The summed E-state index contributed by atoms with van der Waals surface area (Å²) < 4.78 is 0. The monoisotopic (exact) mass is 282 g/mol. The zero-order valence-corrected chi connectivity index (χ0v) is 13.2. The van der Waals surface area contributed by atoms with E-state index >= 15 is 0 Å². The van der Waals surface area contributed by atoms with Gasteiger partial charge in [-0.2, -0.15) is 0 Å². The van der Waals surface area contributed by atoms with Crippen LogP contribution in [0.5, 0.6) is 0 Å². The van der Waals surface area contributed by atoms with Crippen LogP contribution >= 0.6 is 0 Å². The molecule has 0 aromatic heterocycles. The number of hydrogen-bond donors (Lipinski definition) is 2. The molecule has 20 heavy (non-hydrogen) atoms. The van der Waals surface area contributed by atoms with E-state index in [2.05, 4.69) is 24.1 Å². The van der Waals surface area contributed by atoms with Crippen molar-refractivity contribution in [1.29, 1.82) is 0 Å². The molecular weight excluding hydrogens is 252 g/mol. The molecule has 2 N–H and O–H groups in total. The van der Waals surface area contributed by atoms with Gasteiger partial charge in [-0.25, -0.2) is 0 Å². The molecule has 0 aromatic rings. The van der Waals surface area contributed by atoms with Crippen LogP contribution in [0.2, 0.25) is 0 Å². The predicted molar refractivity (Wildman–Crippen MR) is 80.4 cm³/mol. The molecule has 1 aliphatic heterocycles. The smallest absolute Gasteiger partial charge is 0.234 e. The van der Waals surface area contributed by atoms with Crippen molar-refractivity contribution < 1.29 is 9.90 Å². The largest absolute Gasteiger partial charge is 0.389 e. The maximum Gasteiger partial charge on any atom is 0.234 e. The summed E-state index contributed by atoms with van der Waals surface area (Å²) in [5, 5.41) is 13.4. The average molecular weight is 282 g/mol. The summed E-state index contributed by atoms with van der Waals surface area (Å²) in [5.74, 6) is 1.39. The SMILES string of the molecule is CCC1(O)CCN(CC(=O)NC2CCCC(C)C2C)C1. The van der Waals surface area contributed by atoms with E-state index in [9.17, 15) is 9.90 Å². The highest BCUT2D eigenvalue weighted by Gasteiger charge is 2.35. The molecule has 0 aromatic carbocycles. The summed E-state index contributed by atoms with van der Waals surface area (Å²) >= 11 is 0. The van der Waals surface area contributed by atoms with Crippen molar-refractivity contribution in [3.63, 3.8) is 0 Å². The molecule has 1 heterocycles. The van der Waals surface area contributed by atoms with E-state index in [-0.39, 0.29) is 5.91 Å². The molecule has 0 spiro atoms. The van der Waals surface area contributed by atoms with Crippen LogP contribution in [0.3, 0.4) is 0 Å². The molecule has 2 aliphatic rings. The van der Waals surface area contributed by atoms with Crippen LogP contribution in [0, 0.1) is 11.8 Å². The van der Waals surface area contributed by atoms with Crippen LogP contribution < -0.4 is 5.32 Å². The number of nitrogens with one attached hydrogen (secondary N) is 1. The molecule has 0 radical (unpaired) electrons. The topological polar surface area (TPSA) is 52.6 Å². The molecule has 4 nitrogen and oxygen atoms in total. The van der Waals surface area contributed by atoms with Crippen molar-refractivity contribution in [2.45, 2.75) is 64.5 Å². The standard InChI is InChI=1S/C16H30N2O2/c1-4-16(20)8-9-18(11-16)10-15(19)17-14-7-5-6-12(2)13(14)3/h12-14,20H,4-11H2,1-3H3,(H,17,19). The summed E-state index contributed by atoms with van der Waals surface area (Å²) in [6.45, 7) is 8.43. The van der Waals surface area contributed by atoms with Crippen LogP contribution in [0.1, 0.15) is 52.9 Å². The van der Waals surface area contributed by atoms with Crippen molar-refractivity contribution in [2.75, 3.05) is 19.6 Å². The molecule has 0 bridgehead atoms. The lowest BCUT2D eigenvalue weighted by Crippen LogP contribution is -2.47. The summed E-state index contributed by atoms with van der Waals surface area (Å²) in [7, 11) is 0. The van der Waals surface area contributed by atoms with Crippen molar-refractivity contribution >= 4 is 5.91 Å². The number of aliphatic hydroxyl groups is 1. The van der Waals surface area contributed by atoms with Gasteiger partial charge in [0, 0.05) is 19.1 Å². The number of carbonyl (C=O) groups is 1. The van der Waals surface area contributed by atoms with E-state index in [0.717, 1.165) is 25.8 Å². The van der Waals surface area contributed by atoms with E-state index in [0.29, 0.717) is 31.0 Å². The second-order valence-corrected chi connectivity index (χ2v) is 6.98. The summed E-state index contributed by atoms with van der Waals surface area (Å²) in [6, 6.07) is 0.332. The zero-order valence-electron chi connectivity index (χ0n) is 13.2. The third-order valence-corrected chi connectivity index (χ3v) is 5.49. The van der Waals surface area contributed by atoms with E-state index in [1.165, 1.54) is 12.8 Å². The fourth-order valence-corrected chi connectivity index (χ4v) is 3.61. The number of amides is 1. The maximum absolute atomic E-state index is 12.2. The third-order valence-electron chi connectivity index (χ3n) is 5.49. The van der Waals surface area contributed by atoms with Gasteiger partial charge in [-0.15, -0.1) is 0 Å². The number of carbonyl (C=O) groups excluding carboxylic acids is 1. The van der Waals surface area contributed by atoms with Crippen LogP contribution in [-0.4, -0.2) is 47.2 Å². The van der Waals surface area contributed by atoms with Gasteiger partial charge in [-0.05, 0) is 31.1 Å². The fourth-order valence-electron chi connectivity index (χ4n) is 3.61. The first-order valence-electron chi connectivity index (χ1n) is 8.17. The Labute approximate surface area is 122 Å². The van der Waals surface area contributed by atoms with Crippen molar-refractivity contribution in [3.05, 3.63) is 0 Å². The molecule has 4 heteroatoms. The molecule has 1 saturated heterocycles. The number of nitrogens with zero attached hydrogens (tertiary/aromatic N) is 1. The van der Waals surface area contributed by atoms with Crippen molar-refractivity contribution in [3.8, 4) is 0 Å². The van der Waals surface area contributed by atoms with Gasteiger partial charge >= 0.3 is 0 Å². The van der Waals surface area contributed by atoms with E-state index < -0.39 is 5.60 Å². The molecule has 2 rings (SSSR count). The Morgan fingerprint density at radius 2 is 2.15 bits per heavy atom. The van der Waals surface area contributed by atoms with Crippen molar-refractivity contribution in [1.82, 2.24) is 10.2 Å². The quantitative estimate of drug-likeness (QED) is 0.826. The second-order valence-electron chi connectivity index (χ2n) is 6.98. The normalized spacial score (nSPS) is 38.9. The van der Waals surface area contributed by atoms with Crippen LogP contribution in [0.4, 0.5) is 0 Å². The lowest BCUT2D eigenvalue weighted by molar-refractivity contribution is -0.123. The summed E-state index contributed by atoms with van der Waals surface area (Å²) in [4.78, 5) is 14.3. The highest BCUT2D eigenvalue weighted by Crippen LogP contribution is 2.29. The van der Waals surface area contributed by atoms with Crippen LogP contribution in [0.25, 0.3) is 0 Å². The molecule has 2 fully saturated rings. The number of β-amino-alcohol motifs (C(OH)–C–C–N with tert-alkyl or cyclic N) is 1. The Bertz CT molecular complexity index is 347. The molecule has 4 atom stereocenters. The van der Waals surface area contributed by atoms with Gasteiger partial charge in [-0.3, -0.25) is 9.69 Å². The average Bonchev–Trinajstić information content (AvgIpc) is 2.77. The third kappa shape index (κ3) is 3.73. The molecule has 1 aliphatic carbocycles. The summed E-state index contributed by atoms with van der Waals surface area (Å²) in [5.41, 5.74) is -0.576. The lowest BCUT2D eigenvalue weighted by atomic mass is 9.78. The predicted octanol–water partition coefficient (Wildman–Crippen LogP) is 1.77. The van der Waals surface area contributed by atoms with Crippen LogP contribution in [0.15, 0.2) is 0 Å². The molecule has 4 unspecified atom stereocenters. The minimum absolute atomic E-state index is 0.122. The van der Waals surface area contributed by atoms with Gasteiger partial charge in [0.05, 0.1) is 12.1 Å². The van der Waals surface area contributed by atoms with E-state index in [1.54, 1.807) is 0 Å². The maximum atomic E-state index is 12.2. The van der Waals surface area contributed by atoms with Gasteiger partial charge < -0.3 is 10.4 Å². The first kappa shape index (κ1) is 15.8. The Hall–Kier alpha value is -0.610. The minimum Gasteiger partial charge on any atom is -0.389 e. The molecule has 116 valence electrons. The molecular formula is C16H30N2O2. The first-order chi connectivity index (χ1) is 9.43. The zero-order chi connectivity index (χ0) is 14.8. The Balaban J connectivity index is 1.78. The Kier molecular flexibility index (Phi) is 5.08. The van der Waals surface area contributed by atoms with E-state index in [4.69, 9.17) is 0 Å². The minimum atomic E-state index is -0.576. The highest BCUT2D eigenvalue weighted by molar-refractivity contribution is 5.78.